The van der Waals surface area contributed by atoms with Crippen LogP contribution in [0.25, 0.3) is 5.76 Å². The summed E-state index contributed by atoms with van der Waals surface area (Å²) < 4.78 is 0. The minimum atomic E-state index is -0.680. The van der Waals surface area contributed by atoms with Crippen molar-refractivity contribution in [1.29, 1.82) is 0 Å². The van der Waals surface area contributed by atoms with Crippen molar-refractivity contribution in [3.8, 4) is 0 Å². The van der Waals surface area contributed by atoms with Gasteiger partial charge >= 0.3 is 0 Å². The van der Waals surface area contributed by atoms with Crippen LogP contribution >= 0.6 is 0 Å². The van der Waals surface area contributed by atoms with Gasteiger partial charge in [-0.25, -0.2) is 0 Å². The van der Waals surface area contributed by atoms with Crippen LogP contribution in [0.5, 0.6) is 0 Å². The van der Waals surface area contributed by atoms with Gasteiger partial charge in [0.2, 0.25) is 0 Å². The highest BCUT2D eigenvalue weighted by Crippen LogP contribution is 2.40. The highest BCUT2D eigenvalue weighted by atomic mass is 16.3. The maximum absolute atomic E-state index is 13.2. The molecule has 0 bridgehead atoms. The van der Waals surface area contributed by atoms with Crippen LogP contribution in [-0.2, 0) is 22.6 Å². The number of Topliss-reactive ketones (excluding diaryl/α,β-unsaturated/α-hetero) is 1. The van der Waals surface area contributed by atoms with Gasteiger partial charge in [-0.3, -0.25) is 14.6 Å². The highest BCUT2D eigenvalue weighted by Gasteiger charge is 2.46. The largest absolute Gasteiger partial charge is 0.507 e. The van der Waals surface area contributed by atoms with Crippen LogP contribution < -0.4 is 0 Å². The zero-order chi connectivity index (χ0) is 22.8. The van der Waals surface area contributed by atoms with Crippen molar-refractivity contribution in [3.63, 3.8) is 0 Å². The number of hydrogen-bond acceptors (Lipinski definition) is 4. The molecule has 1 saturated heterocycles. The summed E-state index contributed by atoms with van der Waals surface area (Å²) in [6.07, 6.45) is 4.24. The summed E-state index contributed by atoms with van der Waals surface area (Å²) in [5.41, 5.74) is 5.26. The molecule has 4 rings (SSSR count). The van der Waals surface area contributed by atoms with E-state index < -0.39 is 17.7 Å². The lowest BCUT2D eigenvalue weighted by Crippen LogP contribution is -2.29. The van der Waals surface area contributed by atoms with Gasteiger partial charge in [-0.15, -0.1) is 0 Å². The van der Waals surface area contributed by atoms with E-state index in [1.54, 1.807) is 18.5 Å². The fraction of sp³-hybridized carbons (Fsp3) is 0.222. The van der Waals surface area contributed by atoms with E-state index in [9.17, 15) is 14.7 Å². The van der Waals surface area contributed by atoms with Crippen LogP contribution in [0, 0.1) is 13.8 Å². The van der Waals surface area contributed by atoms with E-state index in [4.69, 9.17) is 0 Å². The number of pyridine rings is 1. The Balaban J connectivity index is 1.89. The molecule has 0 saturated carbocycles. The lowest BCUT2D eigenvalue weighted by molar-refractivity contribution is -0.140. The summed E-state index contributed by atoms with van der Waals surface area (Å²) in [7, 11) is 0. The molecule has 0 radical (unpaired) electrons. The van der Waals surface area contributed by atoms with Gasteiger partial charge in [-0.2, -0.15) is 0 Å². The average Bonchev–Trinajstić information content (AvgIpc) is 3.06. The highest BCUT2D eigenvalue weighted by molar-refractivity contribution is 6.46. The van der Waals surface area contributed by atoms with Gasteiger partial charge in [0.15, 0.2) is 0 Å². The average molecular weight is 427 g/mol. The van der Waals surface area contributed by atoms with Crippen molar-refractivity contribution >= 4 is 17.4 Å². The second kappa shape index (κ2) is 8.79. The quantitative estimate of drug-likeness (QED) is 0.359. The normalized spacial score (nSPS) is 17.7. The predicted molar refractivity (Wildman–Crippen MR) is 124 cm³/mol. The first-order valence-corrected chi connectivity index (χ1v) is 10.7. The molecule has 0 spiro atoms. The summed E-state index contributed by atoms with van der Waals surface area (Å²) in [5, 5.41) is 11.3. The first kappa shape index (κ1) is 21.5. The minimum Gasteiger partial charge on any atom is -0.507 e. The zero-order valence-corrected chi connectivity index (χ0v) is 18.5. The Bertz CT molecular complexity index is 1200. The van der Waals surface area contributed by atoms with Gasteiger partial charge in [-0.1, -0.05) is 55.0 Å². The van der Waals surface area contributed by atoms with Crippen molar-refractivity contribution < 1.29 is 14.7 Å². The third kappa shape index (κ3) is 3.94. The van der Waals surface area contributed by atoms with E-state index in [0.717, 1.165) is 34.2 Å². The Labute approximate surface area is 188 Å². The summed E-state index contributed by atoms with van der Waals surface area (Å²) in [6, 6.07) is 16.5. The van der Waals surface area contributed by atoms with E-state index in [-0.39, 0.29) is 17.9 Å². The monoisotopic (exact) mass is 426 g/mol. The van der Waals surface area contributed by atoms with E-state index in [0.29, 0.717) is 5.56 Å². The molecule has 5 nitrogen and oxygen atoms in total. The number of aryl methyl sites for hydroxylation is 3. The molecule has 1 aliphatic rings. The van der Waals surface area contributed by atoms with Crippen LogP contribution in [0.1, 0.15) is 46.3 Å². The molecule has 1 N–H and O–H groups in total. The number of aromatic nitrogens is 1. The number of aliphatic hydroxyl groups excluding tert-OH is 1. The fourth-order valence-corrected chi connectivity index (χ4v) is 4.15. The van der Waals surface area contributed by atoms with Crippen molar-refractivity contribution in [2.24, 2.45) is 0 Å². The van der Waals surface area contributed by atoms with E-state index >= 15 is 0 Å². The summed E-state index contributed by atoms with van der Waals surface area (Å²) in [4.78, 5) is 32.0. The Morgan fingerprint density at radius 1 is 1.03 bits per heavy atom. The smallest absolute Gasteiger partial charge is 0.295 e. The number of rotatable bonds is 5. The molecule has 5 heteroatoms. The van der Waals surface area contributed by atoms with E-state index in [2.05, 4.69) is 11.9 Å². The lowest BCUT2D eigenvalue weighted by Gasteiger charge is -2.25. The van der Waals surface area contributed by atoms with Crippen molar-refractivity contribution in [3.05, 3.63) is 106 Å². The maximum atomic E-state index is 13.2. The summed E-state index contributed by atoms with van der Waals surface area (Å²) in [6.45, 7) is 6.11. The molecule has 1 unspecified atom stereocenters. The first-order valence-electron chi connectivity index (χ1n) is 10.7. The second-order valence-corrected chi connectivity index (χ2v) is 8.20. The number of hydrogen-bond donors (Lipinski definition) is 1. The van der Waals surface area contributed by atoms with Crippen molar-refractivity contribution in [2.45, 2.75) is 39.8 Å². The second-order valence-electron chi connectivity index (χ2n) is 8.20. The van der Waals surface area contributed by atoms with Crippen molar-refractivity contribution in [1.82, 2.24) is 9.88 Å². The molecule has 1 amide bonds. The number of ketones is 1. The molecular weight excluding hydrogens is 400 g/mol. The number of carbonyl (C=O) groups excluding carboxylic acids is 2. The van der Waals surface area contributed by atoms with Gasteiger partial charge < -0.3 is 10.0 Å². The molecular formula is C27H26N2O3. The SMILES string of the molecule is CCc1ccc(C2/C(=C(\O)c3cc(C)ccc3C)C(=O)C(=O)N2Cc2cccnc2)cc1. The molecule has 2 aromatic carbocycles. The summed E-state index contributed by atoms with van der Waals surface area (Å²) in [5.74, 6) is -1.43. The Morgan fingerprint density at radius 3 is 2.44 bits per heavy atom. The van der Waals surface area contributed by atoms with Crippen molar-refractivity contribution in [2.75, 3.05) is 0 Å². The Hall–Kier alpha value is -3.73. The third-order valence-electron chi connectivity index (χ3n) is 5.97. The van der Waals surface area contributed by atoms with Crippen LogP contribution in [0.15, 0.2) is 72.6 Å². The number of amides is 1. The summed E-state index contributed by atoms with van der Waals surface area (Å²) >= 11 is 0. The van der Waals surface area contributed by atoms with Crippen LogP contribution in [0.3, 0.4) is 0 Å². The fourth-order valence-electron chi connectivity index (χ4n) is 4.15. The lowest BCUT2D eigenvalue weighted by atomic mass is 9.92. The molecule has 0 aliphatic carbocycles. The number of carbonyl (C=O) groups is 2. The van der Waals surface area contributed by atoms with E-state index in [1.807, 2.05) is 62.4 Å². The molecule has 1 atom stereocenters. The molecule has 3 aromatic rings. The topological polar surface area (TPSA) is 70.5 Å². The Kier molecular flexibility index (Phi) is 5.91. The number of aliphatic hydroxyl groups is 1. The molecule has 1 fully saturated rings. The van der Waals surface area contributed by atoms with Gasteiger partial charge in [0.25, 0.3) is 11.7 Å². The van der Waals surface area contributed by atoms with Crippen LogP contribution in [0.2, 0.25) is 0 Å². The standard InChI is InChI=1S/C27H26N2O3/c1-4-19-9-11-21(12-10-19)24-23(25(30)22-14-17(2)7-8-18(22)3)26(31)27(32)29(24)16-20-6-5-13-28-15-20/h5-15,24,30H,4,16H2,1-3H3/b25-23+. The van der Waals surface area contributed by atoms with E-state index in [1.165, 1.54) is 4.90 Å². The number of nitrogens with zero attached hydrogens (tertiary/aromatic N) is 2. The predicted octanol–water partition coefficient (Wildman–Crippen LogP) is 4.88. The third-order valence-corrected chi connectivity index (χ3v) is 5.97. The number of benzene rings is 2. The molecule has 1 aromatic heterocycles. The van der Waals surface area contributed by atoms with Gasteiger partial charge in [0.1, 0.15) is 5.76 Å². The molecule has 32 heavy (non-hydrogen) atoms. The maximum Gasteiger partial charge on any atom is 0.295 e. The van der Waals surface area contributed by atoms with Crippen LogP contribution in [0.4, 0.5) is 0 Å². The minimum absolute atomic E-state index is 0.122. The zero-order valence-electron chi connectivity index (χ0n) is 18.5. The van der Waals surface area contributed by atoms with Gasteiger partial charge in [0, 0.05) is 24.5 Å². The molecule has 2 heterocycles. The van der Waals surface area contributed by atoms with Gasteiger partial charge in [-0.05, 0) is 54.7 Å². The molecule has 1 aliphatic heterocycles. The molecule has 162 valence electrons. The van der Waals surface area contributed by atoms with Crippen LogP contribution in [-0.4, -0.2) is 26.7 Å². The Morgan fingerprint density at radius 2 is 1.78 bits per heavy atom. The first-order chi connectivity index (χ1) is 15.4. The number of likely N-dealkylation sites (tertiary alicyclic amines) is 1. The van der Waals surface area contributed by atoms with Gasteiger partial charge in [0.05, 0.1) is 11.6 Å².